The van der Waals surface area contributed by atoms with Gasteiger partial charge in [0.15, 0.2) is 0 Å². The van der Waals surface area contributed by atoms with Crippen molar-refractivity contribution < 1.29 is 10.0 Å². The Hall–Kier alpha value is -1.69. The van der Waals surface area contributed by atoms with Crippen LogP contribution in [0.4, 0.5) is 11.5 Å². The summed E-state index contributed by atoms with van der Waals surface area (Å²) >= 11 is 0. The van der Waals surface area contributed by atoms with Crippen LogP contribution >= 0.6 is 0 Å². The number of hydrogen-bond donors (Lipinski definition) is 2. The number of aryl methyl sites for hydroxylation is 1. The second kappa shape index (κ2) is 4.70. The molecular formula is C9H13N3O3. The van der Waals surface area contributed by atoms with Crippen molar-refractivity contribution in [3.63, 3.8) is 0 Å². The van der Waals surface area contributed by atoms with Crippen LogP contribution in [-0.4, -0.2) is 27.7 Å². The maximum Gasteiger partial charge on any atom is 0.290 e. The normalized spacial score (nSPS) is 12.2. The van der Waals surface area contributed by atoms with Crippen molar-refractivity contribution in [3.05, 3.63) is 27.9 Å². The van der Waals surface area contributed by atoms with Gasteiger partial charge in [-0.2, -0.15) is 0 Å². The molecule has 0 saturated heterocycles. The van der Waals surface area contributed by atoms with Gasteiger partial charge in [-0.3, -0.25) is 10.1 Å². The van der Waals surface area contributed by atoms with E-state index in [2.05, 4.69) is 10.3 Å². The molecule has 0 aliphatic carbocycles. The SMILES string of the molecule is Cc1nc(N[C@@H](C)CO)ccc1[N+](=O)[O-]. The van der Waals surface area contributed by atoms with E-state index in [1.807, 2.05) is 0 Å². The number of hydrogen-bond acceptors (Lipinski definition) is 5. The maximum absolute atomic E-state index is 10.5. The van der Waals surface area contributed by atoms with E-state index < -0.39 is 4.92 Å². The largest absolute Gasteiger partial charge is 0.394 e. The third kappa shape index (κ3) is 2.88. The van der Waals surface area contributed by atoms with E-state index in [1.54, 1.807) is 13.8 Å². The molecule has 1 aromatic rings. The van der Waals surface area contributed by atoms with E-state index in [4.69, 9.17) is 5.11 Å². The number of nitro groups is 1. The van der Waals surface area contributed by atoms with Crippen molar-refractivity contribution in [2.45, 2.75) is 19.9 Å². The molecule has 0 aliphatic heterocycles. The summed E-state index contributed by atoms with van der Waals surface area (Å²) in [6.07, 6.45) is 0. The minimum atomic E-state index is -0.471. The second-order valence-corrected chi connectivity index (χ2v) is 3.29. The molecule has 0 saturated carbocycles. The highest BCUT2D eigenvalue weighted by Crippen LogP contribution is 2.17. The van der Waals surface area contributed by atoms with Crippen LogP contribution in [0.1, 0.15) is 12.6 Å². The zero-order valence-corrected chi connectivity index (χ0v) is 8.60. The van der Waals surface area contributed by atoms with E-state index in [0.29, 0.717) is 11.5 Å². The number of aromatic nitrogens is 1. The molecule has 0 aromatic carbocycles. The number of aliphatic hydroxyl groups excluding tert-OH is 1. The second-order valence-electron chi connectivity index (χ2n) is 3.29. The minimum Gasteiger partial charge on any atom is -0.394 e. The Labute approximate surface area is 87.1 Å². The van der Waals surface area contributed by atoms with Crippen molar-refractivity contribution in [1.29, 1.82) is 0 Å². The third-order valence-corrected chi connectivity index (χ3v) is 1.92. The molecule has 0 spiro atoms. The molecule has 0 amide bonds. The van der Waals surface area contributed by atoms with Crippen LogP contribution in [0, 0.1) is 17.0 Å². The lowest BCUT2D eigenvalue weighted by molar-refractivity contribution is -0.385. The molecule has 0 fully saturated rings. The third-order valence-electron chi connectivity index (χ3n) is 1.92. The summed E-state index contributed by atoms with van der Waals surface area (Å²) in [4.78, 5) is 14.1. The number of nitrogens with one attached hydrogen (secondary N) is 1. The van der Waals surface area contributed by atoms with Crippen molar-refractivity contribution >= 4 is 11.5 Å². The summed E-state index contributed by atoms with van der Waals surface area (Å²) < 4.78 is 0. The Balaban J connectivity index is 2.87. The molecule has 1 atom stereocenters. The fraction of sp³-hybridized carbons (Fsp3) is 0.444. The van der Waals surface area contributed by atoms with Gasteiger partial charge in [0.25, 0.3) is 5.69 Å². The zero-order valence-electron chi connectivity index (χ0n) is 8.60. The van der Waals surface area contributed by atoms with Crippen LogP contribution in [0.2, 0.25) is 0 Å². The van der Waals surface area contributed by atoms with Gasteiger partial charge < -0.3 is 10.4 Å². The van der Waals surface area contributed by atoms with E-state index >= 15 is 0 Å². The van der Waals surface area contributed by atoms with E-state index in [-0.39, 0.29) is 18.3 Å². The Morgan fingerprint density at radius 1 is 1.67 bits per heavy atom. The lowest BCUT2D eigenvalue weighted by Gasteiger charge is -2.11. The van der Waals surface area contributed by atoms with E-state index in [9.17, 15) is 10.1 Å². The molecule has 15 heavy (non-hydrogen) atoms. The molecular weight excluding hydrogens is 198 g/mol. The molecule has 0 radical (unpaired) electrons. The van der Waals surface area contributed by atoms with Gasteiger partial charge in [0, 0.05) is 12.1 Å². The van der Waals surface area contributed by atoms with Crippen LogP contribution in [-0.2, 0) is 0 Å². The Morgan fingerprint density at radius 2 is 2.33 bits per heavy atom. The Morgan fingerprint density at radius 3 is 2.80 bits per heavy atom. The Bertz CT molecular complexity index is 368. The van der Waals surface area contributed by atoms with Crippen molar-refractivity contribution in [2.75, 3.05) is 11.9 Å². The summed E-state index contributed by atoms with van der Waals surface area (Å²) in [5.74, 6) is 0.527. The highest BCUT2D eigenvalue weighted by atomic mass is 16.6. The van der Waals surface area contributed by atoms with Gasteiger partial charge in [0.2, 0.25) is 0 Å². The van der Waals surface area contributed by atoms with Crippen LogP contribution in [0.5, 0.6) is 0 Å². The fourth-order valence-electron chi connectivity index (χ4n) is 1.13. The Kier molecular flexibility index (Phi) is 3.56. The highest BCUT2D eigenvalue weighted by molar-refractivity contribution is 5.45. The van der Waals surface area contributed by atoms with Gasteiger partial charge in [0.1, 0.15) is 11.5 Å². The van der Waals surface area contributed by atoms with Gasteiger partial charge >= 0.3 is 0 Å². The van der Waals surface area contributed by atoms with Crippen LogP contribution in [0.25, 0.3) is 0 Å². The summed E-state index contributed by atoms with van der Waals surface area (Å²) in [6.45, 7) is 3.35. The summed E-state index contributed by atoms with van der Waals surface area (Å²) in [5.41, 5.74) is 0.354. The van der Waals surface area contributed by atoms with Crippen LogP contribution in [0.15, 0.2) is 12.1 Å². The first-order chi connectivity index (χ1) is 7.04. The highest BCUT2D eigenvalue weighted by Gasteiger charge is 2.12. The van der Waals surface area contributed by atoms with Crippen molar-refractivity contribution in [3.8, 4) is 0 Å². The zero-order chi connectivity index (χ0) is 11.4. The monoisotopic (exact) mass is 211 g/mol. The lowest BCUT2D eigenvalue weighted by atomic mass is 10.3. The van der Waals surface area contributed by atoms with Gasteiger partial charge in [-0.25, -0.2) is 4.98 Å². The standard InChI is InChI=1S/C9H13N3O3/c1-6(5-13)10-9-4-3-8(12(14)15)7(2)11-9/h3-4,6,13H,5H2,1-2H3,(H,10,11)/t6-/m0/s1. The molecule has 6 heteroatoms. The van der Waals surface area contributed by atoms with Crippen LogP contribution in [0.3, 0.4) is 0 Å². The topological polar surface area (TPSA) is 88.3 Å². The minimum absolute atomic E-state index is 0.00259. The van der Waals surface area contributed by atoms with Gasteiger partial charge in [0.05, 0.1) is 11.5 Å². The summed E-state index contributed by atoms with van der Waals surface area (Å²) in [7, 11) is 0. The fourth-order valence-corrected chi connectivity index (χ4v) is 1.13. The molecule has 82 valence electrons. The molecule has 0 unspecified atom stereocenters. The van der Waals surface area contributed by atoms with Crippen molar-refractivity contribution in [2.24, 2.45) is 0 Å². The van der Waals surface area contributed by atoms with Gasteiger partial charge in [-0.05, 0) is 19.9 Å². The average molecular weight is 211 g/mol. The lowest BCUT2D eigenvalue weighted by Crippen LogP contribution is -2.20. The van der Waals surface area contributed by atoms with Gasteiger partial charge in [-0.1, -0.05) is 0 Å². The number of aliphatic hydroxyl groups is 1. The van der Waals surface area contributed by atoms with E-state index in [1.165, 1.54) is 12.1 Å². The summed E-state index contributed by atoms with van der Waals surface area (Å²) in [5, 5.41) is 22.2. The molecule has 1 heterocycles. The molecule has 2 N–H and O–H groups in total. The number of anilines is 1. The number of nitrogens with zero attached hydrogens (tertiary/aromatic N) is 2. The summed E-state index contributed by atoms with van der Waals surface area (Å²) in [6, 6.07) is 2.80. The smallest absolute Gasteiger partial charge is 0.290 e. The predicted octanol–water partition coefficient (Wildman–Crippen LogP) is 1.09. The molecule has 6 nitrogen and oxygen atoms in total. The molecule has 0 aliphatic rings. The maximum atomic E-state index is 10.5. The van der Waals surface area contributed by atoms with Gasteiger partial charge in [-0.15, -0.1) is 0 Å². The predicted molar refractivity (Wildman–Crippen MR) is 55.8 cm³/mol. The molecule has 1 rings (SSSR count). The average Bonchev–Trinajstić information content (AvgIpc) is 2.17. The number of pyridine rings is 1. The van der Waals surface area contributed by atoms with E-state index in [0.717, 1.165) is 0 Å². The molecule has 0 bridgehead atoms. The van der Waals surface area contributed by atoms with Crippen molar-refractivity contribution in [1.82, 2.24) is 4.98 Å². The first kappa shape index (κ1) is 11.4. The molecule has 1 aromatic heterocycles. The first-order valence-electron chi connectivity index (χ1n) is 4.54. The van der Waals surface area contributed by atoms with Crippen LogP contribution < -0.4 is 5.32 Å². The first-order valence-corrected chi connectivity index (χ1v) is 4.54. The quantitative estimate of drug-likeness (QED) is 0.575. The number of rotatable bonds is 4.